The van der Waals surface area contributed by atoms with E-state index in [9.17, 15) is 22.4 Å². The monoisotopic (exact) mass is 396 g/mol. The van der Waals surface area contributed by atoms with Crippen molar-refractivity contribution in [3.05, 3.63) is 70.0 Å². The van der Waals surface area contributed by atoms with Gasteiger partial charge in [-0.25, -0.2) is 4.39 Å². The first-order valence-electron chi connectivity index (χ1n) is 8.74. The lowest BCUT2D eigenvalue weighted by Crippen LogP contribution is -2.38. The maximum atomic E-state index is 13.6. The number of rotatable bonds is 4. The van der Waals surface area contributed by atoms with Gasteiger partial charge in [-0.1, -0.05) is 12.1 Å². The van der Waals surface area contributed by atoms with Gasteiger partial charge in [0.15, 0.2) is 0 Å². The zero-order valence-electron chi connectivity index (χ0n) is 15.2. The molecule has 0 aromatic heterocycles. The van der Waals surface area contributed by atoms with Gasteiger partial charge in [0.25, 0.3) is 0 Å². The molecule has 1 saturated heterocycles. The van der Waals surface area contributed by atoms with Crippen LogP contribution in [0, 0.1) is 12.7 Å². The van der Waals surface area contributed by atoms with Gasteiger partial charge in [0.2, 0.25) is 5.91 Å². The lowest BCUT2D eigenvalue weighted by Gasteiger charge is -2.33. The summed E-state index contributed by atoms with van der Waals surface area (Å²) in [6.07, 6.45) is -4.89. The second-order valence-corrected chi connectivity index (χ2v) is 6.88. The van der Waals surface area contributed by atoms with E-state index >= 15 is 0 Å². The molecule has 1 heterocycles. The van der Waals surface area contributed by atoms with E-state index in [1.165, 1.54) is 0 Å². The number of primary amides is 1. The quantitative estimate of drug-likeness (QED) is 0.800. The highest BCUT2D eigenvalue weighted by molar-refractivity contribution is 5.94. The van der Waals surface area contributed by atoms with Crippen LogP contribution in [0.3, 0.4) is 0 Å². The van der Waals surface area contributed by atoms with Gasteiger partial charge in [0.05, 0.1) is 18.3 Å². The van der Waals surface area contributed by atoms with E-state index in [1.54, 1.807) is 19.1 Å². The first-order chi connectivity index (χ1) is 13.1. The molecule has 0 bridgehead atoms. The SMILES string of the molecule is Cc1cc([C@H]2CN(Cc3cc(F)cc(C(F)(F)F)c3)CCO2)ccc1C(N)=O. The highest BCUT2D eigenvalue weighted by Crippen LogP contribution is 2.31. The molecule has 1 amide bonds. The fourth-order valence-electron chi connectivity index (χ4n) is 3.37. The topological polar surface area (TPSA) is 55.6 Å². The Bertz CT molecular complexity index is 883. The summed E-state index contributed by atoms with van der Waals surface area (Å²) in [6.45, 7) is 3.30. The summed E-state index contributed by atoms with van der Waals surface area (Å²) in [5, 5.41) is 0. The van der Waals surface area contributed by atoms with Gasteiger partial charge >= 0.3 is 6.18 Å². The minimum Gasteiger partial charge on any atom is -0.371 e. The molecule has 0 spiro atoms. The third-order valence-corrected chi connectivity index (χ3v) is 4.73. The number of hydrogen-bond donors (Lipinski definition) is 1. The van der Waals surface area contributed by atoms with Crippen LogP contribution < -0.4 is 5.73 Å². The summed E-state index contributed by atoms with van der Waals surface area (Å²) in [5.74, 6) is -1.42. The lowest BCUT2D eigenvalue weighted by molar-refractivity contribution is -0.137. The van der Waals surface area contributed by atoms with Gasteiger partial charge < -0.3 is 10.5 Å². The number of nitrogens with zero attached hydrogens (tertiary/aromatic N) is 1. The van der Waals surface area contributed by atoms with Crippen molar-refractivity contribution >= 4 is 5.91 Å². The molecule has 4 nitrogen and oxygen atoms in total. The van der Waals surface area contributed by atoms with Gasteiger partial charge in [0, 0.05) is 25.2 Å². The second-order valence-electron chi connectivity index (χ2n) is 6.88. The molecule has 1 atom stereocenters. The number of ether oxygens (including phenoxy) is 1. The number of morpholine rings is 1. The Hall–Kier alpha value is -2.45. The molecular formula is C20H20F4N2O2. The van der Waals surface area contributed by atoms with Crippen LogP contribution in [0.4, 0.5) is 17.6 Å². The minimum atomic E-state index is -4.59. The number of hydrogen-bond acceptors (Lipinski definition) is 3. The van der Waals surface area contributed by atoms with Crippen molar-refractivity contribution in [3.63, 3.8) is 0 Å². The molecule has 28 heavy (non-hydrogen) atoms. The standard InChI is InChI=1S/C20H20F4N2O2/c1-12-6-14(2-3-17(12)19(25)27)18-11-26(4-5-28-18)10-13-7-15(20(22,23)24)9-16(21)8-13/h2-3,6-9,18H,4-5,10-11H2,1H3,(H2,25,27)/t18-/m1/s1. The van der Waals surface area contributed by atoms with Gasteiger partial charge in [-0.05, 0) is 47.9 Å². The van der Waals surface area contributed by atoms with Crippen molar-refractivity contribution in [1.29, 1.82) is 0 Å². The van der Waals surface area contributed by atoms with E-state index in [1.807, 2.05) is 11.0 Å². The average molecular weight is 396 g/mol. The Morgan fingerprint density at radius 1 is 1.25 bits per heavy atom. The molecular weight excluding hydrogens is 376 g/mol. The Labute approximate surface area is 159 Å². The molecule has 0 aliphatic carbocycles. The molecule has 3 rings (SSSR count). The van der Waals surface area contributed by atoms with E-state index in [2.05, 4.69) is 0 Å². The summed E-state index contributed by atoms with van der Waals surface area (Å²) in [7, 11) is 0. The van der Waals surface area contributed by atoms with Crippen LogP contribution in [0.2, 0.25) is 0 Å². The molecule has 2 aromatic carbocycles. The van der Waals surface area contributed by atoms with Gasteiger partial charge in [-0.3, -0.25) is 9.69 Å². The van der Waals surface area contributed by atoms with Crippen LogP contribution >= 0.6 is 0 Å². The highest BCUT2D eigenvalue weighted by Gasteiger charge is 2.31. The van der Waals surface area contributed by atoms with E-state index in [0.29, 0.717) is 31.3 Å². The zero-order valence-corrected chi connectivity index (χ0v) is 15.2. The Balaban J connectivity index is 1.75. The molecule has 1 aliphatic heterocycles. The molecule has 0 unspecified atom stereocenters. The Morgan fingerprint density at radius 2 is 2.00 bits per heavy atom. The van der Waals surface area contributed by atoms with Crippen LogP contribution in [-0.2, 0) is 17.5 Å². The fourth-order valence-corrected chi connectivity index (χ4v) is 3.37. The Morgan fingerprint density at radius 3 is 2.64 bits per heavy atom. The number of nitrogens with two attached hydrogens (primary N) is 1. The molecule has 0 saturated carbocycles. The molecule has 1 fully saturated rings. The van der Waals surface area contributed by atoms with Crippen LogP contribution in [-0.4, -0.2) is 30.5 Å². The van der Waals surface area contributed by atoms with Crippen molar-refractivity contribution < 1.29 is 27.1 Å². The van der Waals surface area contributed by atoms with Crippen LogP contribution in [0.15, 0.2) is 36.4 Å². The predicted molar refractivity (Wildman–Crippen MR) is 95.1 cm³/mol. The summed E-state index contributed by atoms with van der Waals surface area (Å²) >= 11 is 0. The number of alkyl halides is 3. The first kappa shape index (κ1) is 20.3. The summed E-state index contributed by atoms with van der Waals surface area (Å²) < 4.78 is 58.1. The van der Waals surface area contributed by atoms with Crippen molar-refractivity contribution in [2.24, 2.45) is 5.73 Å². The first-order valence-corrected chi connectivity index (χ1v) is 8.74. The maximum absolute atomic E-state index is 13.6. The molecule has 2 aromatic rings. The minimum absolute atomic E-state index is 0.180. The maximum Gasteiger partial charge on any atom is 0.416 e. The van der Waals surface area contributed by atoms with Crippen LogP contribution in [0.1, 0.15) is 38.7 Å². The third-order valence-electron chi connectivity index (χ3n) is 4.73. The number of carbonyl (C=O) groups excluding carboxylic acids is 1. The van der Waals surface area contributed by atoms with Crippen molar-refractivity contribution in [1.82, 2.24) is 4.90 Å². The number of amides is 1. The fraction of sp³-hybridized carbons (Fsp3) is 0.350. The molecule has 1 aliphatic rings. The summed E-state index contributed by atoms with van der Waals surface area (Å²) in [5.41, 5.74) is 6.58. The molecule has 0 radical (unpaired) electrons. The number of halogens is 4. The number of aryl methyl sites for hydroxylation is 1. The van der Waals surface area contributed by atoms with Crippen LogP contribution in [0.5, 0.6) is 0 Å². The van der Waals surface area contributed by atoms with Crippen LogP contribution in [0.25, 0.3) is 0 Å². The van der Waals surface area contributed by atoms with E-state index in [-0.39, 0.29) is 18.2 Å². The second kappa shape index (κ2) is 7.89. The zero-order chi connectivity index (χ0) is 20.5. The van der Waals surface area contributed by atoms with Crippen molar-refractivity contribution in [2.75, 3.05) is 19.7 Å². The van der Waals surface area contributed by atoms with E-state index < -0.39 is 23.5 Å². The molecule has 150 valence electrons. The third kappa shape index (κ3) is 4.69. The Kier molecular flexibility index (Phi) is 5.71. The van der Waals surface area contributed by atoms with Gasteiger partial charge in [-0.2, -0.15) is 13.2 Å². The van der Waals surface area contributed by atoms with E-state index in [4.69, 9.17) is 10.5 Å². The van der Waals surface area contributed by atoms with Crippen molar-refractivity contribution in [2.45, 2.75) is 25.7 Å². The highest BCUT2D eigenvalue weighted by atomic mass is 19.4. The number of carbonyl (C=O) groups is 1. The lowest BCUT2D eigenvalue weighted by atomic mass is 10.00. The largest absolute Gasteiger partial charge is 0.416 e. The van der Waals surface area contributed by atoms with E-state index in [0.717, 1.165) is 23.3 Å². The summed E-state index contributed by atoms with van der Waals surface area (Å²) in [6, 6.07) is 7.79. The number of benzene rings is 2. The smallest absolute Gasteiger partial charge is 0.371 e. The normalized spacial score (nSPS) is 18.2. The van der Waals surface area contributed by atoms with Gasteiger partial charge in [-0.15, -0.1) is 0 Å². The van der Waals surface area contributed by atoms with Gasteiger partial charge in [0.1, 0.15) is 5.82 Å². The van der Waals surface area contributed by atoms with Crippen molar-refractivity contribution in [3.8, 4) is 0 Å². The summed E-state index contributed by atoms with van der Waals surface area (Å²) in [4.78, 5) is 13.3. The molecule has 2 N–H and O–H groups in total. The average Bonchev–Trinajstić information content (AvgIpc) is 2.60. The molecule has 8 heteroatoms. The predicted octanol–water partition coefficient (Wildman–Crippen LogP) is 3.83.